The van der Waals surface area contributed by atoms with Gasteiger partial charge in [0.15, 0.2) is 5.82 Å². The summed E-state index contributed by atoms with van der Waals surface area (Å²) < 4.78 is 0. The SMILES string of the molecule is CC(C(N)=O)c1cncc(-c2nc(N(C)c3ccccn3)c3c(-c4ccccc4)cccc3n2)c1. The Hall–Kier alpha value is -4.65. The molecule has 0 spiro atoms. The Labute approximate surface area is 203 Å². The standard InChI is InChI=1S/C28H24N6O/c1-18(26(29)35)20-15-21(17-30-16-20)27-32-23-12-8-11-22(19-9-4-3-5-10-19)25(23)28(33-27)34(2)24-13-6-7-14-31-24/h3-18H,1-2H3,(H2,29,35). The molecule has 3 aromatic heterocycles. The van der Waals surface area contributed by atoms with Crippen molar-refractivity contribution in [3.8, 4) is 22.5 Å². The molecule has 0 saturated heterocycles. The van der Waals surface area contributed by atoms with Crippen molar-refractivity contribution in [2.75, 3.05) is 11.9 Å². The van der Waals surface area contributed by atoms with Crippen LogP contribution in [-0.2, 0) is 4.79 Å². The third-order valence-corrected chi connectivity index (χ3v) is 6.04. The molecule has 172 valence electrons. The molecule has 2 N–H and O–H groups in total. The van der Waals surface area contributed by atoms with E-state index in [9.17, 15) is 4.79 Å². The molecule has 1 atom stereocenters. The highest BCUT2D eigenvalue weighted by atomic mass is 16.1. The summed E-state index contributed by atoms with van der Waals surface area (Å²) in [6, 6.07) is 23.9. The topological polar surface area (TPSA) is 97.9 Å². The van der Waals surface area contributed by atoms with Crippen LogP contribution in [-0.4, -0.2) is 32.9 Å². The van der Waals surface area contributed by atoms with Crippen LogP contribution in [0.2, 0.25) is 0 Å². The Morgan fingerprint density at radius 3 is 2.46 bits per heavy atom. The van der Waals surface area contributed by atoms with Crippen molar-refractivity contribution in [1.82, 2.24) is 19.9 Å². The first-order valence-corrected chi connectivity index (χ1v) is 11.3. The summed E-state index contributed by atoms with van der Waals surface area (Å²) >= 11 is 0. The van der Waals surface area contributed by atoms with E-state index in [1.54, 1.807) is 25.5 Å². The van der Waals surface area contributed by atoms with E-state index in [4.69, 9.17) is 15.7 Å². The molecule has 0 aliphatic heterocycles. The number of carbonyl (C=O) groups is 1. The fourth-order valence-electron chi connectivity index (χ4n) is 4.04. The Bertz CT molecular complexity index is 1500. The summed E-state index contributed by atoms with van der Waals surface area (Å²) in [7, 11) is 1.94. The van der Waals surface area contributed by atoms with E-state index in [-0.39, 0.29) is 0 Å². The number of hydrogen-bond acceptors (Lipinski definition) is 6. The number of nitrogens with two attached hydrogens (primary N) is 1. The van der Waals surface area contributed by atoms with Crippen molar-refractivity contribution in [3.63, 3.8) is 0 Å². The number of fused-ring (bicyclic) bond motifs is 1. The minimum atomic E-state index is -0.469. The van der Waals surface area contributed by atoms with Gasteiger partial charge in [-0.3, -0.25) is 9.78 Å². The summed E-state index contributed by atoms with van der Waals surface area (Å²) in [5, 5.41) is 0.922. The van der Waals surface area contributed by atoms with E-state index in [1.165, 1.54) is 0 Å². The Morgan fingerprint density at radius 1 is 0.914 bits per heavy atom. The van der Waals surface area contributed by atoms with Crippen LogP contribution < -0.4 is 10.6 Å². The summed E-state index contributed by atoms with van der Waals surface area (Å²) in [4.78, 5) is 32.5. The van der Waals surface area contributed by atoms with Crippen LogP contribution in [0.15, 0.2) is 91.4 Å². The second kappa shape index (κ2) is 9.30. The maximum atomic E-state index is 11.7. The molecule has 0 fully saturated rings. The first-order chi connectivity index (χ1) is 17.0. The molecule has 3 heterocycles. The van der Waals surface area contributed by atoms with Crippen molar-refractivity contribution >= 4 is 28.4 Å². The normalized spacial score (nSPS) is 11.8. The lowest BCUT2D eigenvalue weighted by atomic mass is 9.99. The Balaban J connectivity index is 1.76. The van der Waals surface area contributed by atoms with E-state index in [2.05, 4.69) is 28.2 Å². The predicted octanol–water partition coefficient (Wildman–Crippen LogP) is 5.11. The largest absolute Gasteiger partial charge is 0.369 e. The van der Waals surface area contributed by atoms with Crippen molar-refractivity contribution in [3.05, 3.63) is 97.0 Å². The highest BCUT2D eigenvalue weighted by Gasteiger charge is 2.20. The van der Waals surface area contributed by atoms with E-state index >= 15 is 0 Å². The van der Waals surface area contributed by atoms with Gasteiger partial charge in [-0.05, 0) is 47.9 Å². The first-order valence-electron chi connectivity index (χ1n) is 11.3. The number of aromatic nitrogens is 4. The monoisotopic (exact) mass is 460 g/mol. The van der Waals surface area contributed by atoms with Crippen LogP contribution in [0.5, 0.6) is 0 Å². The molecule has 7 nitrogen and oxygen atoms in total. The van der Waals surface area contributed by atoms with Crippen LogP contribution in [0, 0.1) is 0 Å². The van der Waals surface area contributed by atoms with Crippen molar-refractivity contribution in [2.24, 2.45) is 5.73 Å². The Morgan fingerprint density at radius 2 is 1.71 bits per heavy atom. The van der Waals surface area contributed by atoms with Crippen molar-refractivity contribution in [1.29, 1.82) is 0 Å². The quantitative estimate of drug-likeness (QED) is 0.378. The second-order valence-electron chi connectivity index (χ2n) is 8.31. The number of rotatable bonds is 6. The minimum absolute atomic E-state index is 0.411. The number of nitrogens with zero attached hydrogens (tertiary/aromatic N) is 5. The maximum Gasteiger partial charge on any atom is 0.224 e. The third-order valence-electron chi connectivity index (χ3n) is 6.04. The fourth-order valence-corrected chi connectivity index (χ4v) is 4.04. The number of anilines is 2. The van der Waals surface area contributed by atoms with E-state index < -0.39 is 11.8 Å². The van der Waals surface area contributed by atoms with E-state index in [0.29, 0.717) is 11.4 Å². The maximum absolute atomic E-state index is 11.7. The average molecular weight is 461 g/mol. The highest BCUT2D eigenvalue weighted by Crippen LogP contribution is 2.37. The number of amides is 1. The average Bonchev–Trinajstić information content (AvgIpc) is 2.92. The fraction of sp³-hybridized carbons (Fsp3) is 0.107. The van der Waals surface area contributed by atoms with Gasteiger partial charge < -0.3 is 10.6 Å². The van der Waals surface area contributed by atoms with Gasteiger partial charge in [0, 0.05) is 31.2 Å². The molecule has 1 unspecified atom stereocenters. The zero-order chi connectivity index (χ0) is 24.4. The van der Waals surface area contributed by atoms with Gasteiger partial charge in [0.2, 0.25) is 5.91 Å². The molecule has 2 aromatic carbocycles. The van der Waals surface area contributed by atoms with Crippen LogP contribution in [0.3, 0.4) is 0 Å². The number of primary amides is 1. The molecule has 5 aromatic rings. The zero-order valence-electron chi connectivity index (χ0n) is 19.5. The van der Waals surface area contributed by atoms with Crippen LogP contribution >= 0.6 is 0 Å². The molecule has 1 amide bonds. The molecule has 0 aliphatic rings. The summed E-state index contributed by atoms with van der Waals surface area (Å²) in [5.41, 5.74) is 9.84. The summed E-state index contributed by atoms with van der Waals surface area (Å²) in [6.07, 6.45) is 5.10. The van der Waals surface area contributed by atoms with Gasteiger partial charge in [0.1, 0.15) is 11.6 Å². The van der Waals surface area contributed by atoms with Gasteiger partial charge >= 0.3 is 0 Å². The molecule has 7 heteroatoms. The van der Waals surface area contributed by atoms with Gasteiger partial charge in [0.25, 0.3) is 0 Å². The molecular weight excluding hydrogens is 436 g/mol. The number of hydrogen-bond donors (Lipinski definition) is 1. The number of benzene rings is 2. The Kier molecular flexibility index (Phi) is 5.89. The van der Waals surface area contributed by atoms with Crippen LogP contribution in [0.1, 0.15) is 18.4 Å². The van der Waals surface area contributed by atoms with E-state index in [0.717, 1.165) is 39.2 Å². The first kappa shape index (κ1) is 22.2. The van der Waals surface area contributed by atoms with Crippen LogP contribution in [0.4, 0.5) is 11.6 Å². The highest BCUT2D eigenvalue weighted by molar-refractivity contribution is 6.03. The molecular formula is C28H24N6O. The van der Waals surface area contributed by atoms with Crippen molar-refractivity contribution in [2.45, 2.75) is 12.8 Å². The molecule has 5 rings (SSSR count). The van der Waals surface area contributed by atoms with E-state index in [1.807, 2.05) is 66.5 Å². The molecule has 0 radical (unpaired) electrons. The summed E-state index contributed by atoms with van der Waals surface area (Å²) in [5.74, 6) is 1.10. The lowest BCUT2D eigenvalue weighted by Gasteiger charge is -2.21. The van der Waals surface area contributed by atoms with Gasteiger partial charge in [-0.15, -0.1) is 0 Å². The predicted molar refractivity (Wildman–Crippen MR) is 138 cm³/mol. The van der Waals surface area contributed by atoms with Gasteiger partial charge in [-0.1, -0.05) is 48.5 Å². The number of pyridine rings is 2. The van der Waals surface area contributed by atoms with Gasteiger partial charge in [-0.25, -0.2) is 15.0 Å². The third kappa shape index (κ3) is 4.31. The second-order valence-corrected chi connectivity index (χ2v) is 8.31. The van der Waals surface area contributed by atoms with Gasteiger partial charge in [-0.2, -0.15) is 0 Å². The minimum Gasteiger partial charge on any atom is -0.369 e. The molecule has 0 aliphatic carbocycles. The van der Waals surface area contributed by atoms with Gasteiger partial charge in [0.05, 0.1) is 16.8 Å². The van der Waals surface area contributed by atoms with Crippen molar-refractivity contribution < 1.29 is 4.79 Å². The smallest absolute Gasteiger partial charge is 0.224 e. The summed E-state index contributed by atoms with van der Waals surface area (Å²) in [6.45, 7) is 1.76. The molecule has 0 saturated carbocycles. The zero-order valence-corrected chi connectivity index (χ0v) is 19.5. The number of carbonyl (C=O) groups excluding carboxylic acids is 1. The lowest BCUT2D eigenvalue weighted by Crippen LogP contribution is -2.19. The van der Waals surface area contributed by atoms with Crippen LogP contribution in [0.25, 0.3) is 33.4 Å². The molecule has 35 heavy (non-hydrogen) atoms. The molecule has 0 bridgehead atoms. The lowest BCUT2D eigenvalue weighted by molar-refractivity contribution is -0.119.